The minimum absolute atomic E-state index is 0.0684. The van der Waals surface area contributed by atoms with Gasteiger partial charge in [0.05, 0.1) is 18.4 Å². The van der Waals surface area contributed by atoms with Crippen LogP contribution in [0.5, 0.6) is 5.75 Å². The van der Waals surface area contributed by atoms with Crippen LogP contribution in [-0.2, 0) is 11.2 Å². The molecule has 1 aromatic rings. The third-order valence-corrected chi connectivity index (χ3v) is 2.78. The first-order chi connectivity index (χ1) is 8.58. The lowest BCUT2D eigenvalue weighted by Crippen LogP contribution is -2.35. The Labute approximate surface area is 107 Å². The van der Waals surface area contributed by atoms with Gasteiger partial charge in [0.25, 0.3) is 0 Å². The molecule has 0 aliphatic heterocycles. The molecular formula is C14H18N2O2. The molecule has 0 aliphatic rings. The third kappa shape index (κ3) is 3.77. The van der Waals surface area contributed by atoms with Crippen LogP contribution in [0.2, 0.25) is 0 Å². The fraction of sp³-hybridized carbons (Fsp3) is 0.429. The monoisotopic (exact) mass is 246 g/mol. The highest BCUT2D eigenvalue weighted by molar-refractivity contribution is 5.79. The molecule has 4 nitrogen and oxygen atoms in total. The largest absolute Gasteiger partial charge is 0.508 e. The van der Waals surface area contributed by atoms with Crippen molar-refractivity contribution in [2.24, 2.45) is 5.92 Å². The number of amides is 1. The second-order valence-corrected chi connectivity index (χ2v) is 4.27. The first-order valence-corrected chi connectivity index (χ1v) is 6.02. The van der Waals surface area contributed by atoms with Crippen LogP contribution in [0.15, 0.2) is 24.3 Å². The summed E-state index contributed by atoms with van der Waals surface area (Å²) in [5, 5.41) is 18.4. The number of carbonyl (C=O) groups is 1. The number of carbonyl (C=O) groups excluding carboxylic acids is 1. The van der Waals surface area contributed by atoms with Crippen LogP contribution < -0.4 is 0 Å². The van der Waals surface area contributed by atoms with Gasteiger partial charge in [-0.3, -0.25) is 4.79 Å². The van der Waals surface area contributed by atoms with Gasteiger partial charge in [0.2, 0.25) is 5.91 Å². The predicted octanol–water partition coefficient (Wildman–Crippen LogP) is 1.94. The highest BCUT2D eigenvalue weighted by Crippen LogP contribution is 2.17. The van der Waals surface area contributed by atoms with Gasteiger partial charge in [0.15, 0.2) is 0 Å². The summed E-state index contributed by atoms with van der Waals surface area (Å²) < 4.78 is 0. The topological polar surface area (TPSA) is 64.3 Å². The Kier molecular flexibility index (Phi) is 5.19. The number of rotatable bonds is 5. The summed E-state index contributed by atoms with van der Waals surface area (Å²) in [5.41, 5.74) is 0.616. The van der Waals surface area contributed by atoms with Crippen molar-refractivity contribution < 1.29 is 9.90 Å². The molecular weight excluding hydrogens is 228 g/mol. The Morgan fingerprint density at radius 1 is 1.50 bits per heavy atom. The first kappa shape index (κ1) is 14.0. The first-order valence-electron chi connectivity index (χ1n) is 6.02. The molecule has 1 atom stereocenters. The lowest BCUT2D eigenvalue weighted by molar-refractivity contribution is -0.130. The molecule has 1 N–H and O–H groups in total. The molecule has 1 rings (SSSR count). The number of para-hydroxylation sites is 1. The van der Waals surface area contributed by atoms with Crippen LogP contribution in [0.4, 0.5) is 0 Å². The predicted molar refractivity (Wildman–Crippen MR) is 68.8 cm³/mol. The minimum atomic E-state index is -0.182. The molecule has 18 heavy (non-hydrogen) atoms. The Bertz CT molecular complexity index is 451. The van der Waals surface area contributed by atoms with Crippen LogP contribution >= 0.6 is 0 Å². The fourth-order valence-corrected chi connectivity index (χ4v) is 1.71. The Hall–Kier alpha value is -2.02. The number of phenolic OH excluding ortho intramolecular Hbond substituents is 1. The summed E-state index contributed by atoms with van der Waals surface area (Å²) in [5.74, 6) is -0.116. The summed E-state index contributed by atoms with van der Waals surface area (Å²) in [4.78, 5) is 13.7. The highest BCUT2D eigenvalue weighted by atomic mass is 16.3. The van der Waals surface area contributed by atoms with Crippen molar-refractivity contribution >= 4 is 5.91 Å². The fourth-order valence-electron chi connectivity index (χ4n) is 1.71. The van der Waals surface area contributed by atoms with Gasteiger partial charge in [-0.25, -0.2) is 0 Å². The molecule has 1 unspecified atom stereocenters. The van der Waals surface area contributed by atoms with E-state index >= 15 is 0 Å². The van der Waals surface area contributed by atoms with E-state index in [0.717, 1.165) is 0 Å². The maximum Gasteiger partial charge on any atom is 0.227 e. The van der Waals surface area contributed by atoms with E-state index in [0.29, 0.717) is 18.7 Å². The zero-order valence-electron chi connectivity index (χ0n) is 10.8. The Balaban J connectivity index is 2.69. The van der Waals surface area contributed by atoms with Crippen LogP contribution in [0.1, 0.15) is 19.4 Å². The quantitative estimate of drug-likeness (QED) is 0.863. The summed E-state index contributed by atoms with van der Waals surface area (Å²) in [6, 6.07) is 8.92. The number of aromatic hydroxyl groups is 1. The molecule has 0 heterocycles. The smallest absolute Gasteiger partial charge is 0.227 e. The van der Waals surface area contributed by atoms with E-state index in [1.165, 1.54) is 0 Å². The number of nitrogens with zero attached hydrogens (tertiary/aromatic N) is 2. The van der Waals surface area contributed by atoms with E-state index in [-0.39, 0.29) is 24.0 Å². The number of nitriles is 1. The van der Waals surface area contributed by atoms with E-state index in [1.807, 2.05) is 6.92 Å². The van der Waals surface area contributed by atoms with Gasteiger partial charge in [0, 0.05) is 18.7 Å². The molecule has 1 amide bonds. The maximum absolute atomic E-state index is 12.1. The summed E-state index contributed by atoms with van der Waals surface area (Å²) in [6.45, 7) is 4.67. The molecule has 0 fully saturated rings. The summed E-state index contributed by atoms with van der Waals surface area (Å²) >= 11 is 0. The normalized spacial score (nSPS) is 11.6. The van der Waals surface area contributed by atoms with Crippen molar-refractivity contribution in [2.45, 2.75) is 20.3 Å². The van der Waals surface area contributed by atoms with Gasteiger partial charge >= 0.3 is 0 Å². The number of hydrogen-bond acceptors (Lipinski definition) is 3. The van der Waals surface area contributed by atoms with Crippen LogP contribution in [-0.4, -0.2) is 29.0 Å². The Morgan fingerprint density at radius 3 is 2.72 bits per heavy atom. The van der Waals surface area contributed by atoms with Crippen molar-refractivity contribution in [2.75, 3.05) is 13.1 Å². The van der Waals surface area contributed by atoms with Crippen molar-refractivity contribution in [3.63, 3.8) is 0 Å². The minimum Gasteiger partial charge on any atom is -0.508 e. The highest BCUT2D eigenvalue weighted by Gasteiger charge is 2.16. The third-order valence-electron chi connectivity index (χ3n) is 2.78. The van der Waals surface area contributed by atoms with Gasteiger partial charge in [-0.15, -0.1) is 0 Å². The van der Waals surface area contributed by atoms with Crippen molar-refractivity contribution in [3.05, 3.63) is 29.8 Å². The second kappa shape index (κ2) is 6.65. The van der Waals surface area contributed by atoms with Gasteiger partial charge in [-0.2, -0.15) is 5.26 Å². The lowest BCUT2D eigenvalue weighted by Gasteiger charge is -2.22. The summed E-state index contributed by atoms with van der Waals surface area (Å²) in [7, 11) is 0. The number of hydrogen-bond donors (Lipinski definition) is 1. The summed E-state index contributed by atoms with van der Waals surface area (Å²) in [6.07, 6.45) is 0.165. The van der Waals surface area contributed by atoms with Crippen LogP contribution in [0.3, 0.4) is 0 Å². The van der Waals surface area contributed by atoms with Crippen LogP contribution in [0.25, 0.3) is 0 Å². The van der Waals surface area contributed by atoms with Crippen molar-refractivity contribution in [3.8, 4) is 11.8 Å². The maximum atomic E-state index is 12.1. The average molecular weight is 246 g/mol. The zero-order valence-corrected chi connectivity index (χ0v) is 10.8. The molecule has 0 saturated heterocycles. The van der Waals surface area contributed by atoms with E-state index < -0.39 is 0 Å². The number of likely N-dealkylation sites (N-methyl/N-ethyl adjacent to an activating group) is 1. The van der Waals surface area contributed by atoms with Crippen LogP contribution in [0, 0.1) is 17.2 Å². The second-order valence-electron chi connectivity index (χ2n) is 4.27. The lowest BCUT2D eigenvalue weighted by atomic mass is 10.1. The van der Waals surface area contributed by atoms with Gasteiger partial charge in [-0.05, 0) is 19.9 Å². The number of phenols is 1. The van der Waals surface area contributed by atoms with E-state index in [4.69, 9.17) is 5.26 Å². The van der Waals surface area contributed by atoms with E-state index in [2.05, 4.69) is 6.07 Å². The Morgan fingerprint density at radius 2 is 2.17 bits per heavy atom. The van der Waals surface area contributed by atoms with Gasteiger partial charge in [-0.1, -0.05) is 18.2 Å². The standard InChI is InChI=1S/C14H18N2O2/c1-3-16(10-11(2)9-15)14(18)8-12-6-4-5-7-13(12)17/h4-7,11,17H,3,8,10H2,1-2H3. The zero-order chi connectivity index (χ0) is 13.5. The average Bonchev–Trinajstić information content (AvgIpc) is 2.38. The molecule has 0 radical (unpaired) electrons. The van der Waals surface area contributed by atoms with E-state index in [1.54, 1.807) is 36.1 Å². The van der Waals surface area contributed by atoms with E-state index in [9.17, 15) is 9.90 Å². The molecule has 0 bridgehead atoms. The molecule has 4 heteroatoms. The van der Waals surface area contributed by atoms with Gasteiger partial charge in [0.1, 0.15) is 5.75 Å². The van der Waals surface area contributed by atoms with Crippen molar-refractivity contribution in [1.29, 1.82) is 5.26 Å². The number of benzene rings is 1. The molecule has 96 valence electrons. The molecule has 0 saturated carbocycles. The molecule has 1 aromatic carbocycles. The SMILES string of the molecule is CCN(CC(C)C#N)C(=O)Cc1ccccc1O. The van der Waals surface area contributed by atoms with Crippen molar-refractivity contribution in [1.82, 2.24) is 4.90 Å². The van der Waals surface area contributed by atoms with Gasteiger partial charge < -0.3 is 10.0 Å². The molecule has 0 spiro atoms. The molecule has 0 aromatic heterocycles. The molecule has 0 aliphatic carbocycles.